The van der Waals surface area contributed by atoms with Crippen molar-refractivity contribution in [2.75, 3.05) is 6.54 Å². The summed E-state index contributed by atoms with van der Waals surface area (Å²) in [5.41, 5.74) is 2.41. The van der Waals surface area contributed by atoms with Gasteiger partial charge < -0.3 is 10.4 Å². The first kappa shape index (κ1) is 11.8. The molecule has 0 saturated heterocycles. The molecule has 0 saturated carbocycles. The Labute approximate surface area is 91.6 Å². The summed E-state index contributed by atoms with van der Waals surface area (Å²) in [6, 6.07) is 7.63. The van der Waals surface area contributed by atoms with Gasteiger partial charge in [0.2, 0.25) is 0 Å². The average molecular weight is 205 g/mol. The number of likely N-dealkylation sites (N-methyl/N-ethyl adjacent to an activating group) is 1. The number of rotatable bonds is 4. The Hall–Kier alpha value is -1.28. The third kappa shape index (κ3) is 3.76. The maximum absolute atomic E-state index is 9.15. The molecular weight excluding hydrogens is 186 g/mol. The first-order valence-electron chi connectivity index (χ1n) is 5.34. The van der Waals surface area contributed by atoms with Gasteiger partial charge in [0.15, 0.2) is 0 Å². The third-order valence-electron chi connectivity index (χ3n) is 2.48. The van der Waals surface area contributed by atoms with Gasteiger partial charge in [0.05, 0.1) is 0 Å². The molecule has 0 spiro atoms. The van der Waals surface area contributed by atoms with Crippen LogP contribution in [-0.2, 0) is 0 Å². The lowest BCUT2D eigenvalue weighted by Gasteiger charge is -2.12. The second-order valence-corrected chi connectivity index (χ2v) is 3.76. The van der Waals surface area contributed by atoms with E-state index < -0.39 is 0 Å². The van der Waals surface area contributed by atoms with Gasteiger partial charge in [0.25, 0.3) is 0 Å². The predicted octanol–water partition coefficient (Wildman–Crippen LogP) is 2.79. The topological polar surface area (TPSA) is 32.3 Å². The zero-order valence-corrected chi connectivity index (χ0v) is 9.62. The lowest BCUT2D eigenvalue weighted by Crippen LogP contribution is -2.26. The maximum Gasteiger partial charge on any atom is 0.115 e. The van der Waals surface area contributed by atoms with Crippen LogP contribution >= 0.6 is 0 Å². The summed E-state index contributed by atoms with van der Waals surface area (Å²) >= 11 is 0. The van der Waals surface area contributed by atoms with Crippen LogP contribution < -0.4 is 5.32 Å². The fourth-order valence-electron chi connectivity index (χ4n) is 1.43. The molecule has 0 amide bonds. The summed E-state index contributed by atoms with van der Waals surface area (Å²) in [6.07, 6.45) is 2.13. The molecule has 1 aromatic carbocycles. The number of hydrogen-bond acceptors (Lipinski definition) is 2. The Balaban J connectivity index is 2.73. The van der Waals surface area contributed by atoms with E-state index >= 15 is 0 Å². The largest absolute Gasteiger partial charge is 0.508 e. The molecule has 0 aliphatic rings. The summed E-state index contributed by atoms with van der Waals surface area (Å²) in [4.78, 5) is 0. The van der Waals surface area contributed by atoms with E-state index in [-0.39, 0.29) is 0 Å². The van der Waals surface area contributed by atoms with Crippen LogP contribution in [0, 0.1) is 0 Å². The highest BCUT2D eigenvalue weighted by Gasteiger charge is 2.01. The molecule has 0 aliphatic heterocycles. The molecule has 0 heterocycles. The Bertz CT molecular complexity index is 327. The SMILES string of the molecule is CCNC(C)/C(C)=C/c1ccc(O)cc1. The molecule has 0 radical (unpaired) electrons. The molecule has 0 bridgehead atoms. The Kier molecular flexibility index (Phi) is 4.37. The standard InChI is InChI=1S/C13H19NO/c1-4-14-11(3)10(2)9-12-5-7-13(15)8-6-12/h5-9,11,14-15H,4H2,1-3H3/b10-9+. The molecule has 1 rings (SSSR count). The lowest BCUT2D eigenvalue weighted by molar-refractivity contribution is 0.475. The minimum atomic E-state index is 0.310. The molecule has 1 unspecified atom stereocenters. The van der Waals surface area contributed by atoms with Crippen molar-refractivity contribution in [2.45, 2.75) is 26.8 Å². The second-order valence-electron chi connectivity index (χ2n) is 3.76. The van der Waals surface area contributed by atoms with Gasteiger partial charge in [-0.1, -0.05) is 30.7 Å². The molecule has 2 N–H and O–H groups in total. The number of hydrogen-bond donors (Lipinski definition) is 2. The van der Waals surface area contributed by atoms with Crippen molar-refractivity contribution in [3.63, 3.8) is 0 Å². The van der Waals surface area contributed by atoms with Crippen molar-refractivity contribution >= 4 is 6.08 Å². The van der Waals surface area contributed by atoms with E-state index in [1.165, 1.54) is 5.57 Å². The fraction of sp³-hybridized carbons (Fsp3) is 0.385. The fourth-order valence-corrected chi connectivity index (χ4v) is 1.43. The second kappa shape index (κ2) is 5.56. The zero-order chi connectivity index (χ0) is 11.3. The van der Waals surface area contributed by atoms with Crippen molar-refractivity contribution < 1.29 is 5.11 Å². The number of aromatic hydroxyl groups is 1. The minimum absolute atomic E-state index is 0.310. The summed E-state index contributed by atoms with van der Waals surface area (Å²) in [5.74, 6) is 0.310. The van der Waals surface area contributed by atoms with Crippen molar-refractivity contribution in [1.29, 1.82) is 0 Å². The molecule has 0 fully saturated rings. The van der Waals surface area contributed by atoms with Gasteiger partial charge in [-0.25, -0.2) is 0 Å². The van der Waals surface area contributed by atoms with Crippen LogP contribution in [0.2, 0.25) is 0 Å². The molecule has 0 aromatic heterocycles. The van der Waals surface area contributed by atoms with Gasteiger partial charge in [0, 0.05) is 6.04 Å². The van der Waals surface area contributed by atoms with Crippen molar-refractivity contribution in [3.05, 3.63) is 35.4 Å². The van der Waals surface area contributed by atoms with Gasteiger partial charge in [-0.15, -0.1) is 0 Å². The minimum Gasteiger partial charge on any atom is -0.508 e. The molecule has 1 atom stereocenters. The van der Waals surface area contributed by atoms with Crippen LogP contribution in [0.15, 0.2) is 29.8 Å². The molecule has 82 valence electrons. The average Bonchev–Trinajstić information content (AvgIpc) is 2.22. The van der Waals surface area contributed by atoms with Crippen LogP contribution in [-0.4, -0.2) is 17.7 Å². The Morgan fingerprint density at radius 1 is 1.40 bits per heavy atom. The number of nitrogens with one attached hydrogen (secondary N) is 1. The van der Waals surface area contributed by atoms with E-state index in [2.05, 4.69) is 32.2 Å². The zero-order valence-electron chi connectivity index (χ0n) is 9.62. The van der Waals surface area contributed by atoms with Crippen LogP contribution in [0.25, 0.3) is 6.08 Å². The van der Waals surface area contributed by atoms with Crippen molar-refractivity contribution in [3.8, 4) is 5.75 Å². The van der Waals surface area contributed by atoms with E-state index in [1.54, 1.807) is 12.1 Å². The smallest absolute Gasteiger partial charge is 0.115 e. The number of benzene rings is 1. The molecule has 2 nitrogen and oxygen atoms in total. The Morgan fingerprint density at radius 3 is 2.53 bits per heavy atom. The van der Waals surface area contributed by atoms with Gasteiger partial charge in [-0.2, -0.15) is 0 Å². The highest BCUT2D eigenvalue weighted by atomic mass is 16.3. The van der Waals surface area contributed by atoms with Gasteiger partial charge in [0.1, 0.15) is 5.75 Å². The summed E-state index contributed by atoms with van der Waals surface area (Å²) < 4.78 is 0. The van der Waals surface area contributed by atoms with Crippen LogP contribution in [0.4, 0.5) is 0 Å². The lowest BCUT2D eigenvalue weighted by atomic mass is 10.1. The maximum atomic E-state index is 9.15. The van der Waals surface area contributed by atoms with E-state index in [1.807, 2.05) is 12.1 Å². The summed E-state index contributed by atoms with van der Waals surface area (Å²) in [5, 5.41) is 12.5. The van der Waals surface area contributed by atoms with E-state index in [0.717, 1.165) is 12.1 Å². The number of phenols is 1. The van der Waals surface area contributed by atoms with E-state index in [9.17, 15) is 0 Å². The molecule has 0 aliphatic carbocycles. The van der Waals surface area contributed by atoms with Crippen molar-refractivity contribution in [1.82, 2.24) is 5.32 Å². The predicted molar refractivity (Wildman–Crippen MR) is 64.9 cm³/mol. The normalized spacial score (nSPS) is 13.9. The van der Waals surface area contributed by atoms with E-state index in [0.29, 0.717) is 11.8 Å². The monoisotopic (exact) mass is 205 g/mol. The first-order chi connectivity index (χ1) is 7.13. The molecule has 15 heavy (non-hydrogen) atoms. The van der Waals surface area contributed by atoms with Gasteiger partial charge in [-0.3, -0.25) is 0 Å². The quantitative estimate of drug-likeness (QED) is 0.792. The molecular formula is C13H19NO. The highest BCUT2D eigenvalue weighted by Crippen LogP contribution is 2.13. The van der Waals surface area contributed by atoms with Crippen LogP contribution in [0.1, 0.15) is 26.3 Å². The van der Waals surface area contributed by atoms with Gasteiger partial charge in [-0.05, 0) is 38.1 Å². The number of phenolic OH excluding ortho intramolecular Hbond substituents is 1. The van der Waals surface area contributed by atoms with Crippen LogP contribution in [0.5, 0.6) is 5.75 Å². The van der Waals surface area contributed by atoms with Crippen molar-refractivity contribution in [2.24, 2.45) is 0 Å². The summed E-state index contributed by atoms with van der Waals surface area (Å²) in [6.45, 7) is 7.34. The molecule has 1 aromatic rings. The van der Waals surface area contributed by atoms with Crippen LogP contribution in [0.3, 0.4) is 0 Å². The first-order valence-corrected chi connectivity index (χ1v) is 5.34. The Morgan fingerprint density at radius 2 is 2.00 bits per heavy atom. The van der Waals surface area contributed by atoms with Gasteiger partial charge >= 0.3 is 0 Å². The highest BCUT2D eigenvalue weighted by molar-refractivity contribution is 5.54. The summed E-state index contributed by atoms with van der Waals surface area (Å²) in [7, 11) is 0. The van der Waals surface area contributed by atoms with E-state index in [4.69, 9.17) is 5.11 Å². The third-order valence-corrected chi connectivity index (χ3v) is 2.48. The molecule has 2 heteroatoms.